The highest BCUT2D eigenvalue weighted by Crippen LogP contribution is 2.23. The predicted octanol–water partition coefficient (Wildman–Crippen LogP) is 1.18. The Morgan fingerprint density at radius 3 is 2.92 bits per heavy atom. The van der Waals surface area contributed by atoms with E-state index >= 15 is 0 Å². The van der Waals surface area contributed by atoms with E-state index < -0.39 is 11.9 Å². The van der Waals surface area contributed by atoms with Gasteiger partial charge in [0, 0.05) is 12.7 Å². The number of halogens is 1. The van der Waals surface area contributed by atoms with Crippen molar-refractivity contribution < 1.29 is 14.2 Å². The molecular formula is C9H12FNO2. The fraction of sp³-hybridized carbons (Fsp3) is 0.333. The first-order valence-corrected chi connectivity index (χ1v) is 3.88. The Morgan fingerprint density at radius 1 is 1.62 bits per heavy atom. The molecule has 0 amide bonds. The summed E-state index contributed by atoms with van der Waals surface area (Å²) in [5.74, 6) is -0.426. The molecule has 0 spiro atoms. The van der Waals surface area contributed by atoms with Gasteiger partial charge in [-0.15, -0.1) is 0 Å². The molecule has 0 aliphatic carbocycles. The largest absolute Gasteiger partial charge is 0.508 e. The molecule has 0 aromatic heterocycles. The van der Waals surface area contributed by atoms with Crippen LogP contribution in [0.1, 0.15) is 11.6 Å². The maximum atomic E-state index is 12.7. The third-order valence-corrected chi connectivity index (χ3v) is 1.74. The minimum atomic E-state index is -0.499. The van der Waals surface area contributed by atoms with E-state index in [0.717, 1.165) is 0 Å². The van der Waals surface area contributed by atoms with Crippen LogP contribution in [0.3, 0.4) is 0 Å². The van der Waals surface area contributed by atoms with Gasteiger partial charge in [0.1, 0.15) is 11.6 Å². The molecule has 1 aromatic carbocycles. The topological polar surface area (TPSA) is 55.5 Å². The first kappa shape index (κ1) is 9.95. The second-order valence-electron chi connectivity index (χ2n) is 2.76. The molecule has 0 fully saturated rings. The molecule has 1 rings (SSSR count). The molecule has 13 heavy (non-hydrogen) atoms. The number of phenols is 1. The number of hydrogen-bond donors (Lipinski definition) is 2. The fourth-order valence-corrected chi connectivity index (χ4v) is 1.09. The van der Waals surface area contributed by atoms with Gasteiger partial charge in [0.25, 0.3) is 0 Å². The molecule has 72 valence electrons. The third kappa shape index (κ3) is 2.40. The zero-order valence-electron chi connectivity index (χ0n) is 7.33. The monoisotopic (exact) mass is 185 g/mol. The predicted molar refractivity (Wildman–Crippen MR) is 46.9 cm³/mol. The third-order valence-electron chi connectivity index (χ3n) is 1.74. The molecule has 1 aromatic rings. The smallest absolute Gasteiger partial charge is 0.123 e. The zero-order valence-corrected chi connectivity index (χ0v) is 7.33. The number of benzene rings is 1. The Balaban J connectivity index is 2.91. The number of aromatic hydroxyl groups is 1. The van der Waals surface area contributed by atoms with Crippen LogP contribution in [0.25, 0.3) is 0 Å². The van der Waals surface area contributed by atoms with E-state index in [1.54, 1.807) is 0 Å². The van der Waals surface area contributed by atoms with Crippen LogP contribution in [0.4, 0.5) is 4.39 Å². The quantitative estimate of drug-likeness (QED) is 0.743. The molecule has 0 heterocycles. The standard InChI is InChI=1S/C9H12FNO2/c1-13-5-8(11)7-4-6(10)2-3-9(7)12/h2-4,8,12H,5,11H2,1H3. The number of nitrogens with two attached hydrogens (primary N) is 1. The number of phenolic OH excluding ortho intramolecular Hbond substituents is 1. The second-order valence-corrected chi connectivity index (χ2v) is 2.76. The summed E-state index contributed by atoms with van der Waals surface area (Å²) in [6.07, 6.45) is 0. The molecular weight excluding hydrogens is 173 g/mol. The molecule has 0 saturated heterocycles. The first-order chi connectivity index (χ1) is 6.15. The summed E-state index contributed by atoms with van der Waals surface area (Å²) in [4.78, 5) is 0. The van der Waals surface area contributed by atoms with Crippen molar-refractivity contribution in [1.82, 2.24) is 0 Å². The summed E-state index contributed by atoms with van der Waals surface area (Å²) in [6, 6.07) is 3.16. The van der Waals surface area contributed by atoms with Gasteiger partial charge < -0.3 is 15.6 Å². The summed E-state index contributed by atoms with van der Waals surface area (Å²) in [5.41, 5.74) is 5.99. The molecule has 1 unspecified atom stereocenters. The maximum absolute atomic E-state index is 12.7. The van der Waals surface area contributed by atoms with E-state index in [-0.39, 0.29) is 12.4 Å². The normalized spacial score (nSPS) is 12.8. The molecule has 0 aliphatic rings. The highest BCUT2D eigenvalue weighted by atomic mass is 19.1. The molecule has 3 nitrogen and oxygen atoms in total. The van der Waals surface area contributed by atoms with Gasteiger partial charge in [-0.05, 0) is 18.2 Å². The van der Waals surface area contributed by atoms with Crippen LogP contribution in [0.5, 0.6) is 5.75 Å². The van der Waals surface area contributed by atoms with E-state index in [9.17, 15) is 9.50 Å². The first-order valence-electron chi connectivity index (χ1n) is 3.88. The van der Waals surface area contributed by atoms with Gasteiger partial charge >= 0.3 is 0 Å². The van der Waals surface area contributed by atoms with Crippen molar-refractivity contribution in [2.45, 2.75) is 6.04 Å². The van der Waals surface area contributed by atoms with Crippen molar-refractivity contribution in [3.05, 3.63) is 29.6 Å². The van der Waals surface area contributed by atoms with Crippen molar-refractivity contribution in [2.24, 2.45) is 5.73 Å². The number of rotatable bonds is 3. The number of ether oxygens (including phenoxy) is 1. The molecule has 1 atom stereocenters. The van der Waals surface area contributed by atoms with E-state index in [2.05, 4.69) is 0 Å². The van der Waals surface area contributed by atoms with Gasteiger partial charge in [0.15, 0.2) is 0 Å². The van der Waals surface area contributed by atoms with Gasteiger partial charge in [-0.25, -0.2) is 4.39 Å². The lowest BCUT2D eigenvalue weighted by atomic mass is 10.1. The lowest BCUT2D eigenvalue weighted by molar-refractivity contribution is 0.179. The van der Waals surface area contributed by atoms with E-state index in [1.165, 1.54) is 25.3 Å². The van der Waals surface area contributed by atoms with Crippen molar-refractivity contribution in [3.63, 3.8) is 0 Å². The number of methoxy groups -OCH3 is 1. The summed E-state index contributed by atoms with van der Waals surface area (Å²) in [5, 5.41) is 9.33. The van der Waals surface area contributed by atoms with Gasteiger partial charge in [0.05, 0.1) is 12.6 Å². The molecule has 0 aliphatic heterocycles. The average Bonchev–Trinajstić information content (AvgIpc) is 2.09. The zero-order chi connectivity index (χ0) is 9.84. The molecule has 0 bridgehead atoms. The maximum Gasteiger partial charge on any atom is 0.123 e. The number of hydrogen-bond acceptors (Lipinski definition) is 3. The fourth-order valence-electron chi connectivity index (χ4n) is 1.09. The summed E-state index contributed by atoms with van der Waals surface area (Å²) < 4.78 is 17.5. The molecule has 4 heteroatoms. The van der Waals surface area contributed by atoms with E-state index in [0.29, 0.717) is 5.56 Å². The molecule has 0 saturated carbocycles. The van der Waals surface area contributed by atoms with Gasteiger partial charge in [0.2, 0.25) is 0 Å². The lowest BCUT2D eigenvalue weighted by Gasteiger charge is -2.12. The Labute approximate surface area is 75.9 Å². The van der Waals surface area contributed by atoms with Crippen LogP contribution >= 0.6 is 0 Å². The Morgan fingerprint density at radius 2 is 2.31 bits per heavy atom. The van der Waals surface area contributed by atoms with Gasteiger partial charge in [-0.2, -0.15) is 0 Å². The Bertz CT molecular complexity index is 291. The van der Waals surface area contributed by atoms with Crippen molar-refractivity contribution in [2.75, 3.05) is 13.7 Å². The van der Waals surface area contributed by atoms with Crippen molar-refractivity contribution in [1.29, 1.82) is 0 Å². The Hall–Kier alpha value is -1.13. The van der Waals surface area contributed by atoms with E-state index in [1.807, 2.05) is 0 Å². The Kier molecular flexibility index (Phi) is 3.22. The van der Waals surface area contributed by atoms with Crippen molar-refractivity contribution >= 4 is 0 Å². The minimum Gasteiger partial charge on any atom is -0.508 e. The SMILES string of the molecule is COCC(N)c1cc(F)ccc1O. The highest BCUT2D eigenvalue weighted by molar-refractivity contribution is 5.34. The van der Waals surface area contributed by atoms with Crippen molar-refractivity contribution in [3.8, 4) is 5.75 Å². The van der Waals surface area contributed by atoms with Crippen LogP contribution in [-0.2, 0) is 4.74 Å². The van der Waals surface area contributed by atoms with Crippen LogP contribution in [0.2, 0.25) is 0 Å². The molecule has 3 N–H and O–H groups in total. The van der Waals surface area contributed by atoms with Crippen LogP contribution in [0, 0.1) is 5.82 Å². The van der Waals surface area contributed by atoms with Gasteiger partial charge in [-0.1, -0.05) is 0 Å². The second kappa shape index (κ2) is 4.20. The molecule has 0 radical (unpaired) electrons. The lowest BCUT2D eigenvalue weighted by Crippen LogP contribution is -2.16. The summed E-state index contributed by atoms with van der Waals surface area (Å²) in [7, 11) is 1.50. The van der Waals surface area contributed by atoms with Crippen LogP contribution in [-0.4, -0.2) is 18.8 Å². The minimum absolute atomic E-state index is 0.00838. The van der Waals surface area contributed by atoms with E-state index in [4.69, 9.17) is 10.5 Å². The van der Waals surface area contributed by atoms with Gasteiger partial charge in [-0.3, -0.25) is 0 Å². The average molecular weight is 185 g/mol. The highest BCUT2D eigenvalue weighted by Gasteiger charge is 2.11. The summed E-state index contributed by atoms with van der Waals surface area (Å²) >= 11 is 0. The van der Waals surface area contributed by atoms with Crippen LogP contribution < -0.4 is 5.73 Å². The van der Waals surface area contributed by atoms with Crippen LogP contribution in [0.15, 0.2) is 18.2 Å². The summed E-state index contributed by atoms with van der Waals surface area (Å²) in [6.45, 7) is 0.247.